The number of ether oxygens (including phenoxy) is 4. The van der Waals surface area contributed by atoms with Crippen LogP contribution in [-0.2, 0) is 65.4 Å². The van der Waals surface area contributed by atoms with E-state index in [0.717, 1.165) is 102 Å². The van der Waals surface area contributed by atoms with Gasteiger partial charge in [-0.25, -0.2) is 9.13 Å². The van der Waals surface area contributed by atoms with E-state index in [1.54, 1.807) is 0 Å². The first-order valence-corrected chi connectivity index (χ1v) is 47.0. The minimum absolute atomic E-state index is 0.107. The van der Waals surface area contributed by atoms with E-state index in [1.807, 2.05) is 0 Å². The van der Waals surface area contributed by atoms with Crippen molar-refractivity contribution >= 4 is 39.5 Å². The first-order valence-electron chi connectivity index (χ1n) is 44.0. The summed E-state index contributed by atoms with van der Waals surface area (Å²) in [4.78, 5) is 73.1. The van der Waals surface area contributed by atoms with Crippen molar-refractivity contribution in [2.24, 2.45) is 11.8 Å². The topological polar surface area (TPSA) is 237 Å². The van der Waals surface area contributed by atoms with Crippen LogP contribution in [0.25, 0.3) is 0 Å². The van der Waals surface area contributed by atoms with Gasteiger partial charge in [-0.3, -0.25) is 37.3 Å². The van der Waals surface area contributed by atoms with Gasteiger partial charge in [0.05, 0.1) is 26.4 Å². The number of hydrogen-bond donors (Lipinski definition) is 3. The van der Waals surface area contributed by atoms with Gasteiger partial charge in [0.25, 0.3) is 0 Å². The first kappa shape index (κ1) is 102. The molecule has 0 spiro atoms. The Balaban J connectivity index is 5.19. The van der Waals surface area contributed by atoms with Crippen molar-refractivity contribution < 1.29 is 80.2 Å². The fraction of sp³-hybridized carbons (Fsp3) is 0.953. The van der Waals surface area contributed by atoms with Crippen LogP contribution in [0, 0.1) is 11.8 Å². The van der Waals surface area contributed by atoms with Crippen molar-refractivity contribution in [3.63, 3.8) is 0 Å². The molecule has 0 radical (unpaired) electrons. The molecule has 0 heterocycles. The van der Waals surface area contributed by atoms with E-state index < -0.39 is 97.5 Å². The second-order valence-electron chi connectivity index (χ2n) is 31.3. The van der Waals surface area contributed by atoms with Crippen LogP contribution in [0.3, 0.4) is 0 Å². The second-order valence-corrected chi connectivity index (χ2v) is 34.2. The minimum Gasteiger partial charge on any atom is -0.462 e. The van der Waals surface area contributed by atoms with E-state index in [9.17, 15) is 43.2 Å². The Kier molecular flexibility index (Phi) is 75.0. The molecule has 19 heteroatoms. The predicted molar refractivity (Wildman–Crippen MR) is 428 cm³/mol. The molecular formula is C85H166O17P2. The molecule has 0 aliphatic carbocycles. The zero-order valence-corrected chi connectivity index (χ0v) is 70.1. The van der Waals surface area contributed by atoms with Crippen molar-refractivity contribution in [1.82, 2.24) is 0 Å². The maximum Gasteiger partial charge on any atom is 0.472 e. The highest BCUT2D eigenvalue weighted by molar-refractivity contribution is 7.47. The lowest BCUT2D eigenvalue weighted by Gasteiger charge is -2.21. The minimum atomic E-state index is -4.96. The molecule has 0 aliphatic heterocycles. The van der Waals surface area contributed by atoms with Gasteiger partial charge in [-0.15, -0.1) is 0 Å². The van der Waals surface area contributed by atoms with Crippen molar-refractivity contribution in [1.29, 1.82) is 0 Å². The van der Waals surface area contributed by atoms with Crippen molar-refractivity contribution in [3.8, 4) is 0 Å². The third kappa shape index (κ3) is 76.8. The van der Waals surface area contributed by atoms with Crippen LogP contribution in [0.2, 0.25) is 0 Å². The molecule has 3 unspecified atom stereocenters. The smallest absolute Gasteiger partial charge is 0.462 e. The van der Waals surface area contributed by atoms with Gasteiger partial charge in [0.2, 0.25) is 0 Å². The third-order valence-corrected chi connectivity index (χ3v) is 22.2. The number of phosphoric ester groups is 2. The van der Waals surface area contributed by atoms with Gasteiger partial charge in [-0.2, -0.15) is 0 Å². The highest BCUT2D eigenvalue weighted by Crippen LogP contribution is 2.45. The van der Waals surface area contributed by atoms with Gasteiger partial charge >= 0.3 is 39.5 Å². The molecule has 0 fully saturated rings. The molecule has 0 aliphatic rings. The zero-order chi connectivity index (χ0) is 76.4. The Morgan fingerprint density at radius 3 is 0.731 bits per heavy atom. The molecule has 3 N–H and O–H groups in total. The number of carbonyl (C=O) groups is 4. The summed E-state index contributed by atoms with van der Waals surface area (Å²) in [6.07, 6.45) is 68.3. The molecule has 0 aromatic carbocycles. The van der Waals surface area contributed by atoms with Crippen molar-refractivity contribution in [3.05, 3.63) is 0 Å². The third-order valence-electron chi connectivity index (χ3n) is 20.3. The Bertz CT molecular complexity index is 2000. The van der Waals surface area contributed by atoms with Crippen LogP contribution in [-0.4, -0.2) is 96.7 Å². The van der Waals surface area contributed by atoms with Gasteiger partial charge in [0.15, 0.2) is 12.2 Å². The summed E-state index contributed by atoms with van der Waals surface area (Å²) in [6, 6.07) is 0. The van der Waals surface area contributed by atoms with Gasteiger partial charge in [0.1, 0.15) is 19.3 Å². The van der Waals surface area contributed by atoms with Crippen LogP contribution in [0.15, 0.2) is 0 Å². The van der Waals surface area contributed by atoms with E-state index in [-0.39, 0.29) is 25.7 Å². The fourth-order valence-corrected chi connectivity index (χ4v) is 14.8. The summed E-state index contributed by atoms with van der Waals surface area (Å²) >= 11 is 0. The molecular weight excluding hydrogens is 1350 g/mol. The molecule has 104 heavy (non-hydrogen) atoms. The molecule has 0 saturated carbocycles. The molecule has 0 amide bonds. The standard InChI is InChI=1S/C85H166O17P2/c1-7-10-12-14-16-18-20-22-23-24-25-26-30-33-37-40-44-48-55-61-67-82(87)95-73-80(101-84(89)70-64-58-50-46-42-38-34-31-28-27-29-32-36-39-43-47-54-60-66-78(6)9-3)75-99-103(91,92)97-71-79(86)72-98-104(93,94)100-76-81(74-96-83(88)68-62-56-52-51-53-59-65-77(4)5)102-85(90)69-63-57-49-45-41-35-21-19-17-15-13-11-8-2/h77-81,86H,7-76H2,1-6H3,(H,91,92)(H,93,94)/t78?,79-,80-,81-/m1/s1. The number of esters is 4. The predicted octanol–water partition coefficient (Wildman–Crippen LogP) is 25.8. The Morgan fingerprint density at radius 1 is 0.279 bits per heavy atom. The lowest BCUT2D eigenvalue weighted by Crippen LogP contribution is -2.30. The van der Waals surface area contributed by atoms with Crippen LogP contribution in [0.1, 0.15) is 452 Å². The zero-order valence-electron chi connectivity index (χ0n) is 68.3. The number of aliphatic hydroxyl groups excluding tert-OH is 1. The molecule has 0 aromatic rings. The van der Waals surface area contributed by atoms with Crippen LogP contribution < -0.4 is 0 Å². The second kappa shape index (κ2) is 76.4. The van der Waals surface area contributed by atoms with Crippen molar-refractivity contribution in [2.45, 2.75) is 471 Å². The number of phosphoric acid groups is 2. The summed E-state index contributed by atoms with van der Waals surface area (Å²) in [5.41, 5.74) is 0. The molecule has 0 aromatic heterocycles. The number of unbranched alkanes of at least 4 members (excludes halogenated alkanes) is 53. The van der Waals surface area contributed by atoms with Gasteiger partial charge in [-0.1, -0.05) is 401 Å². The molecule has 618 valence electrons. The maximum absolute atomic E-state index is 13.1. The normalized spacial score (nSPS) is 14.1. The van der Waals surface area contributed by atoms with Gasteiger partial charge in [0, 0.05) is 25.7 Å². The van der Waals surface area contributed by atoms with E-state index in [0.29, 0.717) is 31.6 Å². The van der Waals surface area contributed by atoms with Crippen LogP contribution in [0.5, 0.6) is 0 Å². The average molecular weight is 1520 g/mol. The lowest BCUT2D eigenvalue weighted by molar-refractivity contribution is -0.161. The largest absolute Gasteiger partial charge is 0.472 e. The number of hydrogen-bond acceptors (Lipinski definition) is 15. The highest BCUT2D eigenvalue weighted by atomic mass is 31.2. The summed E-state index contributed by atoms with van der Waals surface area (Å²) in [7, 11) is -9.92. The average Bonchev–Trinajstić information content (AvgIpc) is 0.907. The van der Waals surface area contributed by atoms with Gasteiger partial charge in [-0.05, 0) is 37.5 Å². The lowest BCUT2D eigenvalue weighted by atomic mass is 9.99. The van der Waals surface area contributed by atoms with Crippen LogP contribution in [0.4, 0.5) is 0 Å². The number of aliphatic hydroxyl groups is 1. The Morgan fingerprint density at radius 2 is 0.490 bits per heavy atom. The Labute approximate surface area is 638 Å². The van der Waals surface area contributed by atoms with E-state index in [2.05, 4.69) is 41.5 Å². The molecule has 17 nitrogen and oxygen atoms in total. The summed E-state index contributed by atoms with van der Waals surface area (Å²) in [6.45, 7) is 9.64. The molecule has 0 bridgehead atoms. The number of rotatable bonds is 84. The first-order chi connectivity index (χ1) is 50.4. The molecule has 0 rings (SSSR count). The van der Waals surface area contributed by atoms with Crippen LogP contribution >= 0.6 is 15.6 Å². The summed E-state index contributed by atoms with van der Waals surface area (Å²) in [5, 5.41) is 10.7. The van der Waals surface area contributed by atoms with Crippen molar-refractivity contribution in [2.75, 3.05) is 39.6 Å². The summed E-state index contributed by atoms with van der Waals surface area (Å²) < 4.78 is 68.8. The monoisotopic (exact) mass is 1520 g/mol. The molecule has 0 saturated heterocycles. The fourth-order valence-electron chi connectivity index (χ4n) is 13.2. The van der Waals surface area contributed by atoms with E-state index >= 15 is 0 Å². The van der Waals surface area contributed by atoms with Gasteiger partial charge < -0.3 is 33.8 Å². The molecule has 6 atom stereocenters. The van der Waals surface area contributed by atoms with E-state index in [1.165, 1.54) is 263 Å². The quantitative estimate of drug-likeness (QED) is 0.0222. The maximum atomic E-state index is 13.1. The van der Waals surface area contributed by atoms with E-state index in [4.69, 9.17) is 37.0 Å². The highest BCUT2D eigenvalue weighted by Gasteiger charge is 2.30. The summed E-state index contributed by atoms with van der Waals surface area (Å²) in [5.74, 6) is -0.556. The Hall–Kier alpha value is -1.94. The SMILES string of the molecule is CCCCCCCCCCCCCCCCCCCCCCC(=O)OC[C@H](COP(=O)(O)OC[C@@H](O)COP(=O)(O)OC[C@@H](COC(=O)CCCCCCCCC(C)C)OC(=O)CCCCCCCCCCCCCCC)OC(=O)CCCCCCCCCCCCCCCCCCCCC(C)CC. The number of carbonyl (C=O) groups excluding carboxylic acids is 4.